The van der Waals surface area contributed by atoms with Crippen LogP contribution in [0.25, 0.3) is 0 Å². The number of rotatable bonds is 9. The van der Waals surface area contributed by atoms with Crippen LogP contribution in [0.3, 0.4) is 0 Å². The number of amides is 1. The number of hydrogen-bond acceptors (Lipinski definition) is 9. The fraction of sp³-hybridized carbons (Fsp3) is 0.481. The van der Waals surface area contributed by atoms with E-state index in [9.17, 15) is 14.4 Å². The van der Waals surface area contributed by atoms with Crippen molar-refractivity contribution in [3.05, 3.63) is 58.0 Å². The Kier molecular flexibility index (Phi) is 9.22. The molecule has 0 bridgehead atoms. The Morgan fingerprint density at radius 2 is 1.97 bits per heavy atom. The van der Waals surface area contributed by atoms with Gasteiger partial charge in [-0.25, -0.2) is 14.2 Å². The molecule has 0 N–H and O–H groups in total. The first-order valence-electron chi connectivity index (χ1n) is 12.6. The van der Waals surface area contributed by atoms with Gasteiger partial charge in [-0.3, -0.25) is 9.59 Å². The number of likely N-dealkylation sites (tertiary alicyclic amines) is 1. The van der Waals surface area contributed by atoms with Crippen molar-refractivity contribution >= 4 is 34.8 Å². The quantitative estimate of drug-likeness (QED) is 0.342. The Labute approximate surface area is 225 Å². The lowest BCUT2D eigenvalue weighted by atomic mass is 9.93. The molecular weight excluding hydrogens is 513 g/mol. The van der Waals surface area contributed by atoms with Crippen LogP contribution in [0.15, 0.2) is 51.6 Å². The number of esters is 2. The van der Waals surface area contributed by atoms with Gasteiger partial charge in [-0.1, -0.05) is 30.0 Å². The molecule has 4 rings (SSSR count). The van der Waals surface area contributed by atoms with E-state index in [4.69, 9.17) is 14.2 Å². The van der Waals surface area contributed by atoms with Crippen molar-refractivity contribution in [2.75, 3.05) is 40.0 Å². The number of benzene rings is 1. The van der Waals surface area contributed by atoms with Gasteiger partial charge in [-0.05, 0) is 38.2 Å². The van der Waals surface area contributed by atoms with Crippen LogP contribution in [0.4, 0.5) is 4.39 Å². The molecule has 1 saturated heterocycles. The van der Waals surface area contributed by atoms with Gasteiger partial charge in [0, 0.05) is 31.5 Å². The van der Waals surface area contributed by atoms with Crippen LogP contribution < -0.4 is 0 Å². The number of hydrogen-bond donors (Lipinski definition) is 0. The molecule has 0 radical (unpaired) electrons. The number of methoxy groups -OCH3 is 1. The number of aliphatic imine (C=N–C) groups is 1. The van der Waals surface area contributed by atoms with Crippen LogP contribution in [0, 0.1) is 11.7 Å². The van der Waals surface area contributed by atoms with E-state index in [0.717, 1.165) is 0 Å². The largest absolute Gasteiger partial charge is 0.466 e. The highest BCUT2D eigenvalue weighted by Crippen LogP contribution is 2.45. The van der Waals surface area contributed by atoms with Crippen LogP contribution in [0.2, 0.25) is 0 Å². The summed E-state index contributed by atoms with van der Waals surface area (Å²) in [6.45, 7) is 4.85. The van der Waals surface area contributed by atoms with E-state index >= 15 is 4.39 Å². The fourth-order valence-corrected chi connectivity index (χ4v) is 5.80. The standard InChI is InChI=1S/C27H32FN3O6S/c1-4-36-25(33)18-8-7-11-30(15-18)22(32)14-19-16-38-27-29-17(2)23(26(34)37-13-12-35-3)24(31(19)27)20-9-5-6-10-21(20)28/h5-6,9-10,16,18,24H,4,7-8,11-15H2,1-3H3/t18-,24-/m0/s1. The van der Waals surface area contributed by atoms with E-state index in [1.54, 1.807) is 41.8 Å². The summed E-state index contributed by atoms with van der Waals surface area (Å²) in [5.41, 5.74) is 1.50. The minimum atomic E-state index is -0.860. The molecule has 11 heteroatoms. The summed E-state index contributed by atoms with van der Waals surface area (Å²) in [5.74, 6) is -1.90. The average Bonchev–Trinajstić information content (AvgIpc) is 3.30. The molecule has 9 nitrogen and oxygen atoms in total. The van der Waals surface area contributed by atoms with Gasteiger partial charge in [0.05, 0.1) is 42.9 Å². The van der Waals surface area contributed by atoms with Crippen LogP contribution in [0.1, 0.15) is 44.7 Å². The Morgan fingerprint density at radius 3 is 2.71 bits per heavy atom. The molecule has 2 atom stereocenters. The third-order valence-electron chi connectivity index (χ3n) is 6.67. The molecule has 1 aromatic carbocycles. The van der Waals surface area contributed by atoms with Gasteiger partial charge >= 0.3 is 11.9 Å². The first kappa shape index (κ1) is 27.8. The summed E-state index contributed by atoms with van der Waals surface area (Å²) < 4.78 is 30.7. The van der Waals surface area contributed by atoms with Crippen LogP contribution in [-0.2, 0) is 28.6 Å². The normalized spacial score (nSPS) is 21.1. The molecule has 1 fully saturated rings. The SMILES string of the molecule is CCOC(=O)[C@H]1CCCN(C(=O)CC2=CSC3=NC(C)=C(C(=O)OCCOC)[C@H](c4ccccc4F)N23)C1. The number of amidine groups is 1. The molecule has 0 unspecified atom stereocenters. The highest BCUT2D eigenvalue weighted by atomic mass is 32.2. The van der Waals surface area contributed by atoms with Gasteiger partial charge in [0.25, 0.3) is 0 Å². The highest BCUT2D eigenvalue weighted by Gasteiger charge is 2.42. The number of nitrogens with zero attached hydrogens (tertiary/aromatic N) is 3. The van der Waals surface area contributed by atoms with Crippen molar-refractivity contribution in [2.45, 2.75) is 39.2 Å². The van der Waals surface area contributed by atoms with E-state index in [1.807, 2.05) is 5.41 Å². The van der Waals surface area contributed by atoms with Crippen LogP contribution in [0.5, 0.6) is 0 Å². The molecule has 38 heavy (non-hydrogen) atoms. The lowest BCUT2D eigenvalue weighted by Crippen LogP contribution is -2.44. The minimum Gasteiger partial charge on any atom is -0.466 e. The predicted molar refractivity (Wildman–Crippen MR) is 140 cm³/mol. The summed E-state index contributed by atoms with van der Waals surface area (Å²) in [6, 6.07) is 5.38. The molecule has 0 aromatic heterocycles. The second-order valence-electron chi connectivity index (χ2n) is 9.15. The van der Waals surface area contributed by atoms with E-state index in [0.29, 0.717) is 49.1 Å². The monoisotopic (exact) mass is 545 g/mol. The van der Waals surface area contributed by atoms with Crippen LogP contribution >= 0.6 is 11.8 Å². The second kappa shape index (κ2) is 12.6. The molecule has 3 heterocycles. The number of allylic oxidation sites excluding steroid dienone is 1. The van der Waals surface area contributed by atoms with Crippen molar-refractivity contribution in [2.24, 2.45) is 10.9 Å². The van der Waals surface area contributed by atoms with Crippen molar-refractivity contribution in [3.8, 4) is 0 Å². The molecule has 204 valence electrons. The van der Waals surface area contributed by atoms with Gasteiger partial charge in [0.1, 0.15) is 12.4 Å². The first-order chi connectivity index (χ1) is 18.3. The molecular formula is C27H32FN3O6S. The smallest absolute Gasteiger partial charge is 0.338 e. The summed E-state index contributed by atoms with van der Waals surface area (Å²) in [4.78, 5) is 46.9. The van der Waals surface area contributed by atoms with Gasteiger partial charge in [0.15, 0.2) is 5.17 Å². The summed E-state index contributed by atoms with van der Waals surface area (Å²) in [6.07, 6.45) is 1.40. The Hall–Kier alpha value is -3.18. The Morgan fingerprint density at radius 1 is 1.18 bits per heavy atom. The third kappa shape index (κ3) is 5.94. The average molecular weight is 546 g/mol. The first-order valence-corrected chi connectivity index (χ1v) is 13.5. The van der Waals surface area contributed by atoms with Gasteiger partial charge in [-0.15, -0.1) is 0 Å². The number of thioether (sulfide) groups is 1. The topological polar surface area (TPSA) is 97.7 Å². The van der Waals surface area contributed by atoms with E-state index < -0.39 is 17.8 Å². The van der Waals surface area contributed by atoms with Crippen molar-refractivity contribution in [3.63, 3.8) is 0 Å². The fourth-order valence-electron chi connectivity index (χ4n) is 4.84. The molecule has 0 spiro atoms. The number of fused-ring (bicyclic) bond motifs is 1. The predicted octanol–water partition coefficient (Wildman–Crippen LogP) is 3.78. The molecule has 3 aliphatic rings. The molecule has 3 aliphatic heterocycles. The van der Waals surface area contributed by atoms with Crippen molar-refractivity contribution in [1.82, 2.24) is 9.80 Å². The lowest BCUT2D eigenvalue weighted by Gasteiger charge is -2.37. The zero-order valence-electron chi connectivity index (χ0n) is 21.8. The summed E-state index contributed by atoms with van der Waals surface area (Å²) in [7, 11) is 1.50. The Bertz CT molecular complexity index is 1180. The number of carbonyl (C=O) groups excluding carboxylic acids is 3. The number of halogens is 1. The second-order valence-corrected chi connectivity index (χ2v) is 9.99. The number of carbonyl (C=O) groups is 3. The zero-order valence-corrected chi connectivity index (χ0v) is 22.6. The maximum absolute atomic E-state index is 15.2. The third-order valence-corrected chi connectivity index (χ3v) is 7.56. The number of piperidine rings is 1. The van der Waals surface area contributed by atoms with E-state index in [1.165, 1.54) is 24.9 Å². The van der Waals surface area contributed by atoms with Gasteiger partial charge in [-0.2, -0.15) is 0 Å². The molecule has 0 aliphatic carbocycles. The molecule has 1 amide bonds. The van der Waals surface area contributed by atoms with Crippen LogP contribution in [-0.4, -0.2) is 72.8 Å². The maximum Gasteiger partial charge on any atom is 0.338 e. The van der Waals surface area contributed by atoms with Crippen molar-refractivity contribution in [1.29, 1.82) is 0 Å². The molecule has 0 saturated carbocycles. The van der Waals surface area contributed by atoms with E-state index in [-0.39, 0.29) is 48.6 Å². The Balaban J connectivity index is 1.60. The molecule has 1 aromatic rings. The van der Waals surface area contributed by atoms with E-state index in [2.05, 4.69) is 4.99 Å². The zero-order chi connectivity index (χ0) is 27.2. The lowest BCUT2D eigenvalue weighted by molar-refractivity contribution is -0.151. The maximum atomic E-state index is 15.2. The van der Waals surface area contributed by atoms with Gasteiger partial charge < -0.3 is 24.0 Å². The summed E-state index contributed by atoms with van der Waals surface area (Å²) in [5, 5.41) is 2.36. The highest BCUT2D eigenvalue weighted by molar-refractivity contribution is 8.16. The van der Waals surface area contributed by atoms with Gasteiger partial charge in [0.2, 0.25) is 5.91 Å². The van der Waals surface area contributed by atoms with Crippen molar-refractivity contribution < 1.29 is 33.0 Å². The number of ether oxygens (including phenoxy) is 3. The summed E-state index contributed by atoms with van der Waals surface area (Å²) >= 11 is 1.32. The minimum absolute atomic E-state index is 0.0115.